The van der Waals surface area contributed by atoms with Crippen LogP contribution in [0.4, 0.5) is 4.79 Å². The first kappa shape index (κ1) is 15.4. The lowest BCUT2D eigenvalue weighted by Gasteiger charge is -2.32. The molecule has 0 saturated carbocycles. The minimum Gasteiger partial charge on any atom is -0.444 e. The summed E-state index contributed by atoms with van der Waals surface area (Å²) in [6.07, 6.45) is 0.533. The summed E-state index contributed by atoms with van der Waals surface area (Å²) in [6.45, 7) is 5.55. The Hall–Kier alpha value is -1.66. The molecule has 1 aliphatic rings. The van der Waals surface area contributed by atoms with E-state index < -0.39 is 23.2 Å². The predicted molar refractivity (Wildman–Crippen MR) is 67.4 cm³/mol. The number of hydrogen-bond acceptors (Lipinski definition) is 5. The molecule has 1 amide bonds. The first-order valence-corrected chi connectivity index (χ1v) is 6.31. The number of carbonyl (C=O) groups excluding carboxylic acids is 2. The summed E-state index contributed by atoms with van der Waals surface area (Å²) in [4.78, 5) is 34.5. The zero-order valence-corrected chi connectivity index (χ0v) is 11.5. The maximum atomic E-state index is 11.8. The first-order valence-electron chi connectivity index (χ1n) is 6.31. The molecular weight excluding hydrogens is 252 g/mol. The minimum absolute atomic E-state index is 0.316. The zero-order chi connectivity index (χ0) is 14.6. The van der Waals surface area contributed by atoms with Gasteiger partial charge in [-0.3, -0.25) is 14.9 Å². The molecule has 1 fully saturated rings. The van der Waals surface area contributed by atoms with E-state index in [0.717, 1.165) is 0 Å². The van der Waals surface area contributed by atoms with Crippen molar-refractivity contribution >= 4 is 11.9 Å². The molecule has 0 aromatic heterocycles. The molecule has 108 valence electrons. The lowest BCUT2D eigenvalue weighted by molar-refractivity contribution is -0.467. The highest BCUT2D eigenvalue weighted by Gasteiger charge is 2.31. The van der Waals surface area contributed by atoms with Crippen molar-refractivity contribution in [2.24, 2.45) is 5.92 Å². The number of nitrogens with zero attached hydrogens (tertiary/aromatic N) is 2. The third-order valence-electron chi connectivity index (χ3n) is 2.89. The van der Waals surface area contributed by atoms with E-state index in [4.69, 9.17) is 4.74 Å². The number of nitro groups is 1. The molecule has 1 saturated heterocycles. The Balaban J connectivity index is 2.42. The summed E-state index contributed by atoms with van der Waals surface area (Å²) < 4.78 is 5.23. The van der Waals surface area contributed by atoms with E-state index in [-0.39, 0.29) is 11.7 Å². The third kappa shape index (κ3) is 5.23. The molecule has 0 bridgehead atoms. The fourth-order valence-corrected chi connectivity index (χ4v) is 1.97. The largest absolute Gasteiger partial charge is 0.444 e. The van der Waals surface area contributed by atoms with Crippen LogP contribution >= 0.6 is 0 Å². The van der Waals surface area contributed by atoms with Crippen LogP contribution in [-0.2, 0) is 9.53 Å². The third-order valence-corrected chi connectivity index (χ3v) is 2.89. The van der Waals surface area contributed by atoms with Crippen LogP contribution in [0.2, 0.25) is 0 Å². The van der Waals surface area contributed by atoms with Gasteiger partial charge in [0.15, 0.2) is 0 Å². The predicted octanol–water partition coefficient (Wildman–Crippen LogP) is 1.48. The van der Waals surface area contributed by atoms with Crippen LogP contribution < -0.4 is 0 Å². The topological polar surface area (TPSA) is 89.8 Å². The Morgan fingerprint density at radius 1 is 1.32 bits per heavy atom. The highest BCUT2D eigenvalue weighted by Crippen LogP contribution is 2.20. The Bertz CT molecular complexity index is 367. The number of rotatable bonds is 3. The number of ketones is 1. The van der Waals surface area contributed by atoms with Crippen molar-refractivity contribution in [2.45, 2.75) is 39.2 Å². The molecule has 1 heterocycles. The van der Waals surface area contributed by atoms with Gasteiger partial charge in [-0.05, 0) is 33.6 Å². The van der Waals surface area contributed by atoms with Crippen LogP contribution in [0.5, 0.6) is 0 Å². The van der Waals surface area contributed by atoms with Gasteiger partial charge in [0.25, 0.3) is 6.54 Å². The summed E-state index contributed by atoms with van der Waals surface area (Å²) in [7, 11) is 0. The van der Waals surface area contributed by atoms with Crippen LogP contribution in [0, 0.1) is 16.0 Å². The smallest absolute Gasteiger partial charge is 0.410 e. The molecule has 1 rings (SSSR count). The van der Waals surface area contributed by atoms with Gasteiger partial charge >= 0.3 is 6.09 Å². The number of likely N-dealkylation sites (tertiary alicyclic amines) is 1. The molecule has 0 unspecified atom stereocenters. The second-order valence-corrected chi connectivity index (χ2v) is 5.70. The van der Waals surface area contributed by atoms with Crippen molar-refractivity contribution in [3.63, 3.8) is 0 Å². The van der Waals surface area contributed by atoms with Crippen molar-refractivity contribution < 1.29 is 19.2 Å². The fraction of sp³-hybridized carbons (Fsp3) is 0.833. The van der Waals surface area contributed by atoms with Gasteiger partial charge in [0.2, 0.25) is 5.78 Å². The molecular formula is C12H20N2O5. The summed E-state index contributed by atoms with van der Waals surface area (Å²) in [5.74, 6) is -0.669. The second-order valence-electron chi connectivity index (χ2n) is 5.70. The fourth-order valence-electron chi connectivity index (χ4n) is 1.97. The molecule has 0 spiro atoms. The molecule has 0 aromatic carbocycles. The van der Waals surface area contributed by atoms with Gasteiger partial charge in [0.1, 0.15) is 5.60 Å². The molecule has 0 atom stereocenters. The molecule has 0 aromatic rings. The van der Waals surface area contributed by atoms with E-state index in [1.165, 1.54) is 0 Å². The minimum atomic E-state index is -0.628. The van der Waals surface area contributed by atoms with Crippen molar-refractivity contribution in [3.05, 3.63) is 10.1 Å². The van der Waals surface area contributed by atoms with E-state index in [9.17, 15) is 19.7 Å². The van der Waals surface area contributed by atoms with Crippen LogP contribution in [0.3, 0.4) is 0 Å². The number of amides is 1. The van der Waals surface area contributed by atoms with E-state index in [0.29, 0.717) is 25.9 Å². The lowest BCUT2D eigenvalue weighted by Crippen LogP contribution is -2.43. The standard InChI is InChI=1S/C12H20N2O5/c1-12(2,3)19-11(16)13-6-4-9(5-7-13)10(15)8-14(17)18/h9H,4-8H2,1-3H3. The summed E-state index contributed by atoms with van der Waals surface area (Å²) in [6, 6.07) is 0. The van der Waals surface area contributed by atoms with Gasteiger partial charge in [0, 0.05) is 23.9 Å². The number of Topliss-reactive ketones (excluding diaryl/α,β-unsaturated/α-hetero) is 1. The van der Waals surface area contributed by atoms with Crippen molar-refractivity contribution in [1.82, 2.24) is 4.90 Å². The molecule has 7 nitrogen and oxygen atoms in total. The van der Waals surface area contributed by atoms with E-state index in [1.54, 1.807) is 25.7 Å². The Morgan fingerprint density at radius 2 is 1.84 bits per heavy atom. The van der Waals surface area contributed by atoms with E-state index >= 15 is 0 Å². The molecule has 0 aliphatic carbocycles. The number of hydrogen-bond donors (Lipinski definition) is 0. The number of ether oxygens (including phenoxy) is 1. The van der Waals surface area contributed by atoms with Crippen molar-refractivity contribution in [3.8, 4) is 0 Å². The van der Waals surface area contributed by atoms with Gasteiger partial charge in [-0.2, -0.15) is 0 Å². The van der Waals surface area contributed by atoms with Gasteiger partial charge in [0.05, 0.1) is 0 Å². The van der Waals surface area contributed by atoms with Crippen molar-refractivity contribution in [2.75, 3.05) is 19.6 Å². The van der Waals surface area contributed by atoms with Gasteiger partial charge < -0.3 is 9.64 Å². The SMILES string of the molecule is CC(C)(C)OC(=O)N1CCC(C(=O)C[N+](=O)[O-])CC1. The molecule has 19 heavy (non-hydrogen) atoms. The summed E-state index contributed by atoms with van der Waals surface area (Å²) in [5, 5.41) is 10.3. The Labute approximate surface area is 112 Å². The quantitative estimate of drug-likeness (QED) is 0.573. The van der Waals surface area contributed by atoms with Crippen molar-refractivity contribution in [1.29, 1.82) is 0 Å². The molecule has 0 radical (unpaired) electrons. The maximum Gasteiger partial charge on any atom is 0.410 e. The summed E-state index contributed by atoms with van der Waals surface area (Å²) in [5.41, 5.74) is -0.546. The molecule has 0 N–H and O–H groups in total. The normalized spacial score (nSPS) is 17.1. The van der Waals surface area contributed by atoms with Crippen LogP contribution in [-0.4, -0.2) is 46.9 Å². The first-order chi connectivity index (χ1) is 8.69. The number of carbonyl (C=O) groups is 2. The lowest BCUT2D eigenvalue weighted by atomic mass is 9.93. The average molecular weight is 272 g/mol. The summed E-state index contributed by atoms with van der Waals surface area (Å²) >= 11 is 0. The number of piperidine rings is 1. The van der Waals surface area contributed by atoms with Crippen LogP contribution in [0.25, 0.3) is 0 Å². The molecule has 7 heteroatoms. The van der Waals surface area contributed by atoms with Crippen LogP contribution in [0.15, 0.2) is 0 Å². The van der Waals surface area contributed by atoms with Gasteiger partial charge in [-0.15, -0.1) is 0 Å². The Morgan fingerprint density at radius 3 is 2.26 bits per heavy atom. The van der Waals surface area contributed by atoms with Crippen LogP contribution in [0.1, 0.15) is 33.6 Å². The maximum absolute atomic E-state index is 11.8. The zero-order valence-electron chi connectivity index (χ0n) is 11.5. The van der Waals surface area contributed by atoms with E-state index in [2.05, 4.69) is 0 Å². The highest BCUT2D eigenvalue weighted by atomic mass is 16.6. The monoisotopic (exact) mass is 272 g/mol. The second kappa shape index (κ2) is 5.99. The van der Waals surface area contributed by atoms with Gasteiger partial charge in [-0.25, -0.2) is 4.79 Å². The van der Waals surface area contributed by atoms with E-state index in [1.807, 2.05) is 0 Å². The molecule has 1 aliphatic heterocycles. The average Bonchev–Trinajstić information content (AvgIpc) is 2.26. The van der Waals surface area contributed by atoms with Gasteiger partial charge in [-0.1, -0.05) is 0 Å². The highest BCUT2D eigenvalue weighted by molar-refractivity contribution is 5.82. The Kier molecular flexibility index (Phi) is 4.85.